The van der Waals surface area contributed by atoms with Crippen LogP contribution >= 0.6 is 0 Å². The average molecular weight is 214 g/mol. The molecule has 0 radical (unpaired) electrons. The van der Waals surface area contributed by atoms with E-state index in [1.165, 1.54) is 6.42 Å². The molecular weight excluding hydrogens is 188 g/mol. The SMILES string of the molecule is COCCCC1(O)CC(C)CC(C)(C)C1. The van der Waals surface area contributed by atoms with Crippen molar-refractivity contribution < 1.29 is 9.84 Å². The first-order valence-corrected chi connectivity index (χ1v) is 6.08. The van der Waals surface area contributed by atoms with Gasteiger partial charge in [-0.15, -0.1) is 0 Å². The van der Waals surface area contributed by atoms with Gasteiger partial charge in [0.1, 0.15) is 0 Å². The van der Waals surface area contributed by atoms with Crippen LogP contribution in [-0.4, -0.2) is 24.4 Å². The fraction of sp³-hybridized carbons (Fsp3) is 1.00. The number of aliphatic hydroxyl groups is 1. The lowest BCUT2D eigenvalue weighted by molar-refractivity contribution is -0.0672. The highest BCUT2D eigenvalue weighted by Crippen LogP contribution is 2.45. The fourth-order valence-corrected chi connectivity index (χ4v) is 3.44. The highest BCUT2D eigenvalue weighted by molar-refractivity contribution is 4.92. The van der Waals surface area contributed by atoms with Crippen molar-refractivity contribution in [2.45, 2.75) is 58.5 Å². The molecule has 2 heteroatoms. The van der Waals surface area contributed by atoms with Gasteiger partial charge in [-0.2, -0.15) is 0 Å². The van der Waals surface area contributed by atoms with E-state index in [0.717, 1.165) is 32.3 Å². The summed E-state index contributed by atoms with van der Waals surface area (Å²) < 4.78 is 5.05. The summed E-state index contributed by atoms with van der Waals surface area (Å²) in [4.78, 5) is 0. The van der Waals surface area contributed by atoms with Gasteiger partial charge in [-0.3, -0.25) is 0 Å². The van der Waals surface area contributed by atoms with Crippen LogP contribution in [0.15, 0.2) is 0 Å². The Kier molecular flexibility index (Phi) is 4.19. The lowest BCUT2D eigenvalue weighted by atomic mass is 9.64. The van der Waals surface area contributed by atoms with E-state index in [9.17, 15) is 5.11 Å². The summed E-state index contributed by atoms with van der Waals surface area (Å²) in [5.74, 6) is 0.640. The van der Waals surface area contributed by atoms with E-state index in [2.05, 4.69) is 20.8 Å². The van der Waals surface area contributed by atoms with Crippen molar-refractivity contribution in [1.29, 1.82) is 0 Å². The zero-order chi connectivity index (χ0) is 11.5. The quantitative estimate of drug-likeness (QED) is 0.729. The molecule has 0 heterocycles. The van der Waals surface area contributed by atoms with Crippen molar-refractivity contribution in [3.05, 3.63) is 0 Å². The van der Waals surface area contributed by atoms with E-state index in [0.29, 0.717) is 11.3 Å². The van der Waals surface area contributed by atoms with Gasteiger partial charge in [0.05, 0.1) is 5.60 Å². The Bertz CT molecular complexity index is 201. The molecule has 2 unspecified atom stereocenters. The second kappa shape index (κ2) is 4.84. The predicted octanol–water partition coefficient (Wildman–Crippen LogP) is 2.99. The van der Waals surface area contributed by atoms with Gasteiger partial charge in [-0.1, -0.05) is 20.8 Å². The second-order valence-electron chi connectivity index (χ2n) is 6.18. The Balaban J connectivity index is 2.51. The predicted molar refractivity (Wildman–Crippen MR) is 62.9 cm³/mol. The molecule has 1 saturated carbocycles. The maximum Gasteiger partial charge on any atom is 0.0656 e. The molecule has 0 saturated heterocycles. The van der Waals surface area contributed by atoms with E-state index < -0.39 is 5.60 Å². The van der Waals surface area contributed by atoms with Crippen LogP contribution in [0.25, 0.3) is 0 Å². The summed E-state index contributed by atoms with van der Waals surface area (Å²) in [7, 11) is 1.72. The highest BCUT2D eigenvalue weighted by Gasteiger charge is 2.40. The summed E-state index contributed by atoms with van der Waals surface area (Å²) in [6.07, 6.45) is 4.98. The Morgan fingerprint density at radius 2 is 2.00 bits per heavy atom. The number of methoxy groups -OCH3 is 1. The lowest BCUT2D eigenvalue weighted by Gasteiger charge is -2.44. The van der Waals surface area contributed by atoms with Gasteiger partial charge in [0.25, 0.3) is 0 Å². The molecule has 0 amide bonds. The minimum Gasteiger partial charge on any atom is -0.390 e. The van der Waals surface area contributed by atoms with Gasteiger partial charge in [0.2, 0.25) is 0 Å². The van der Waals surface area contributed by atoms with E-state index in [1.807, 2.05) is 0 Å². The molecule has 0 spiro atoms. The van der Waals surface area contributed by atoms with Crippen molar-refractivity contribution in [3.8, 4) is 0 Å². The molecule has 0 aromatic heterocycles. The van der Waals surface area contributed by atoms with Crippen LogP contribution in [0.1, 0.15) is 52.9 Å². The van der Waals surface area contributed by atoms with Crippen LogP contribution in [0.4, 0.5) is 0 Å². The van der Waals surface area contributed by atoms with E-state index in [4.69, 9.17) is 4.74 Å². The first-order valence-electron chi connectivity index (χ1n) is 6.08. The second-order valence-corrected chi connectivity index (χ2v) is 6.18. The standard InChI is InChI=1S/C13H26O2/c1-11-8-12(2,3)10-13(14,9-11)6-5-7-15-4/h11,14H,5-10H2,1-4H3. The third-order valence-electron chi connectivity index (χ3n) is 3.43. The summed E-state index contributed by atoms with van der Waals surface area (Å²) in [6, 6.07) is 0. The molecule has 2 atom stereocenters. The Morgan fingerprint density at radius 1 is 1.33 bits per heavy atom. The van der Waals surface area contributed by atoms with Crippen molar-refractivity contribution in [3.63, 3.8) is 0 Å². The molecule has 1 aliphatic carbocycles. The third-order valence-corrected chi connectivity index (χ3v) is 3.43. The van der Waals surface area contributed by atoms with Crippen LogP contribution in [0.2, 0.25) is 0 Å². The third kappa shape index (κ3) is 4.12. The average Bonchev–Trinajstić information content (AvgIpc) is 1.98. The molecule has 2 nitrogen and oxygen atoms in total. The van der Waals surface area contributed by atoms with Gasteiger partial charge in [-0.05, 0) is 43.4 Å². The van der Waals surface area contributed by atoms with E-state index >= 15 is 0 Å². The topological polar surface area (TPSA) is 29.5 Å². The summed E-state index contributed by atoms with van der Waals surface area (Å²) in [5.41, 5.74) is -0.154. The maximum absolute atomic E-state index is 10.5. The van der Waals surface area contributed by atoms with Gasteiger partial charge in [-0.25, -0.2) is 0 Å². The van der Waals surface area contributed by atoms with Crippen molar-refractivity contribution >= 4 is 0 Å². The first-order chi connectivity index (χ1) is 6.87. The largest absolute Gasteiger partial charge is 0.390 e. The molecule has 0 aromatic carbocycles. The number of ether oxygens (including phenoxy) is 1. The molecule has 1 N–H and O–H groups in total. The number of hydrogen-bond acceptors (Lipinski definition) is 2. The summed E-state index contributed by atoms with van der Waals surface area (Å²) >= 11 is 0. The Hall–Kier alpha value is -0.0800. The molecule has 1 aliphatic rings. The van der Waals surface area contributed by atoms with Crippen LogP contribution in [0, 0.1) is 11.3 Å². The van der Waals surface area contributed by atoms with Gasteiger partial charge >= 0.3 is 0 Å². The zero-order valence-corrected chi connectivity index (χ0v) is 10.7. The monoisotopic (exact) mass is 214 g/mol. The molecule has 0 aromatic rings. The van der Waals surface area contributed by atoms with Gasteiger partial charge < -0.3 is 9.84 Å². The highest BCUT2D eigenvalue weighted by atomic mass is 16.5. The van der Waals surface area contributed by atoms with Crippen LogP contribution < -0.4 is 0 Å². The minimum absolute atomic E-state index is 0.291. The smallest absolute Gasteiger partial charge is 0.0656 e. The number of hydrogen-bond donors (Lipinski definition) is 1. The van der Waals surface area contributed by atoms with Crippen LogP contribution in [0.5, 0.6) is 0 Å². The van der Waals surface area contributed by atoms with Crippen molar-refractivity contribution in [2.75, 3.05) is 13.7 Å². The normalized spacial score (nSPS) is 35.4. The molecule has 90 valence electrons. The fourth-order valence-electron chi connectivity index (χ4n) is 3.44. The lowest BCUT2D eigenvalue weighted by Crippen LogP contribution is -2.42. The molecule has 1 fully saturated rings. The van der Waals surface area contributed by atoms with Gasteiger partial charge in [0, 0.05) is 13.7 Å². The molecule has 15 heavy (non-hydrogen) atoms. The molecule has 0 aliphatic heterocycles. The molecule has 0 bridgehead atoms. The van der Waals surface area contributed by atoms with Crippen molar-refractivity contribution in [1.82, 2.24) is 0 Å². The van der Waals surface area contributed by atoms with E-state index in [-0.39, 0.29) is 0 Å². The summed E-state index contributed by atoms with van der Waals surface area (Å²) in [5, 5.41) is 10.5. The Morgan fingerprint density at radius 3 is 2.53 bits per heavy atom. The van der Waals surface area contributed by atoms with Crippen LogP contribution in [-0.2, 0) is 4.74 Å². The van der Waals surface area contributed by atoms with Crippen molar-refractivity contribution in [2.24, 2.45) is 11.3 Å². The first kappa shape index (κ1) is 13.0. The minimum atomic E-state index is -0.445. The van der Waals surface area contributed by atoms with Crippen LogP contribution in [0.3, 0.4) is 0 Å². The maximum atomic E-state index is 10.5. The number of rotatable bonds is 4. The zero-order valence-electron chi connectivity index (χ0n) is 10.7. The summed E-state index contributed by atoms with van der Waals surface area (Å²) in [6.45, 7) is 7.55. The van der Waals surface area contributed by atoms with Gasteiger partial charge in [0.15, 0.2) is 0 Å². The van der Waals surface area contributed by atoms with E-state index in [1.54, 1.807) is 7.11 Å². The molecular formula is C13H26O2. The Labute approximate surface area is 94.0 Å². The molecule has 1 rings (SSSR count).